The fourth-order valence-electron chi connectivity index (χ4n) is 2.87. The van der Waals surface area contributed by atoms with Crippen LogP contribution in [-0.4, -0.2) is 31.8 Å². The largest absolute Gasteiger partial charge is 0.446 e. The van der Waals surface area contributed by atoms with E-state index in [1.807, 2.05) is 24.3 Å². The first-order chi connectivity index (χ1) is 13.3. The van der Waals surface area contributed by atoms with Gasteiger partial charge in [-0.2, -0.15) is 0 Å². The van der Waals surface area contributed by atoms with E-state index in [4.69, 9.17) is 9.47 Å². The lowest BCUT2D eigenvalue weighted by Gasteiger charge is -2.23. The van der Waals surface area contributed by atoms with E-state index in [2.05, 4.69) is 31.4 Å². The summed E-state index contributed by atoms with van der Waals surface area (Å²) in [6, 6.07) is 7.76. The van der Waals surface area contributed by atoms with Crippen LogP contribution in [0, 0.1) is 11.8 Å². The Labute approximate surface area is 169 Å². The molecule has 2 N–H and O–H groups in total. The topological polar surface area (TPSA) is 76.7 Å². The van der Waals surface area contributed by atoms with E-state index >= 15 is 0 Å². The maximum absolute atomic E-state index is 12.2. The number of nitrogens with one attached hydrogen (secondary N) is 2. The fourth-order valence-corrected chi connectivity index (χ4v) is 2.87. The molecule has 0 aliphatic heterocycles. The normalized spacial score (nSPS) is 13.1. The highest BCUT2D eigenvalue weighted by atomic mass is 16.6. The van der Waals surface area contributed by atoms with Crippen LogP contribution in [0.1, 0.15) is 58.1 Å². The summed E-state index contributed by atoms with van der Waals surface area (Å²) in [7, 11) is 1.71. The zero-order valence-electron chi connectivity index (χ0n) is 17.9. The van der Waals surface area contributed by atoms with Crippen LogP contribution in [0.15, 0.2) is 24.3 Å². The number of carbonyl (C=O) groups excluding carboxylic acids is 2. The van der Waals surface area contributed by atoms with Crippen LogP contribution in [0.5, 0.6) is 0 Å². The molecule has 0 aliphatic carbocycles. The van der Waals surface area contributed by atoms with Crippen molar-refractivity contribution in [3.8, 4) is 0 Å². The quantitative estimate of drug-likeness (QED) is 0.563. The number of alkyl carbamates (subject to hydrolysis) is 1. The molecule has 158 valence electrons. The third-order valence-corrected chi connectivity index (χ3v) is 4.73. The minimum Gasteiger partial charge on any atom is -0.446 e. The van der Waals surface area contributed by atoms with Crippen molar-refractivity contribution in [2.75, 3.05) is 13.7 Å². The average molecular weight is 393 g/mol. The summed E-state index contributed by atoms with van der Waals surface area (Å²) in [5, 5.41) is 5.60. The third kappa shape index (κ3) is 10.3. The second kappa shape index (κ2) is 13.2. The molecule has 6 heteroatoms. The van der Waals surface area contributed by atoms with E-state index < -0.39 is 6.09 Å². The van der Waals surface area contributed by atoms with Crippen LogP contribution in [-0.2, 0) is 27.4 Å². The van der Waals surface area contributed by atoms with E-state index in [1.165, 1.54) is 6.92 Å². The van der Waals surface area contributed by atoms with Gasteiger partial charge in [-0.1, -0.05) is 45.0 Å². The van der Waals surface area contributed by atoms with Crippen LogP contribution in [0.4, 0.5) is 4.79 Å². The van der Waals surface area contributed by atoms with Crippen molar-refractivity contribution < 1.29 is 19.1 Å². The predicted octanol–water partition coefficient (Wildman–Crippen LogP) is 4.03. The molecule has 0 saturated heterocycles. The summed E-state index contributed by atoms with van der Waals surface area (Å²) in [6.07, 6.45) is 2.38. The molecule has 0 spiro atoms. The molecular weight excluding hydrogens is 356 g/mol. The highest BCUT2D eigenvalue weighted by Gasteiger charge is 2.19. The van der Waals surface area contributed by atoms with Crippen LogP contribution in [0.2, 0.25) is 0 Å². The van der Waals surface area contributed by atoms with E-state index in [0.717, 1.165) is 37.0 Å². The maximum Gasteiger partial charge on any atom is 0.407 e. The third-order valence-electron chi connectivity index (χ3n) is 4.73. The van der Waals surface area contributed by atoms with Gasteiger partial charge in [0.1, 0.15) is 6.10 Å². The molecule has 1 aromatic carbocycles. The first kappa shape index (κ1) is 24.0. The van der Waals surface area contributed by atoms with Crippen molar-refractivity contribution >= 4 is 12.0 Å². The molecule has 0 fully saturated rings. The summed E-state index contributed by atoms with van der Waals surface area (Å²) < 4.78 is 10.8. The van der Waals surface area contributed by atoms with Crippen LogP contribution in [0.3, 0.4) is 0 Å². The van der Waals surface area contributed by atoms with Gasteiger partial charge in [-0.3, -0.25) is 4.79 Å². The predicted molar refractivity (Wildman–Crippen MR) is 111 cm³/mol. The smallest absolute Gasteiger partial charge is 0.407 e. The van der Waals surface area contributed by atoms with Gasteiger partial charge in [0.2, 0.25) is 5.91 Å². The van der Waals surface area contributed by atoms with Crippen molar-refractivity contribution in [1.29, 1.82) is 0 Å². The highest BCUT2D eigenvalue weighted by molar-refractivity contribution is 5.72. The van der Waals surface area contributed by atoms with Crippen molar-refractivity contribution in [2.24, 2.45) is 11.8 Å². The Hall–Kier alpha value is -2.08. The summed E-state index contributed by atoms with van der Waals surface area (Å²) >= 11 is 0. The first-order valence-corrected chi connectivity index (χ1v) is 10.1. The van der Waals surface area contributed by atoms with Gasteiger partial charge in [0, 0.05) is 33.7 Å². The van der Waals surface area contributed by atoms with Crippen LogP contribution < -0.4 is 10.6 Å². The highest BCUT2D eigenvalue weighted by Crippen LogP contribution is 2.19. The lowest BCUT2D eigenvalue weighted by atomic mass is 9.95. The number of amides is 2. The molecule has 0 bridgehead atoms. The molecule has 2 atom stereocenters. The van der Waals surface area contributed by atoms with Crippen molar-refractivity contribution in [3.05, 3.63) is 35.4 Å². The standard InChI is InChI=1S/C22H36N2O4/c1-16(2)21(10-9-17(3)11-12-27-5)28-22(26)24-15-20-8-6-7-19(13-20)14-23-18(4)25/h6-8,13,16-17,21H,9-12,14-15H2,1-5H3,(H,23,25)(H,24,26). The summed E-state index contributed by atoms with van der Waals surface area (Å²) in [4.78, 5) is 23.3. The molecule has 0 heterocycles. The molecule has 6 nitrogen and oxygen atoms in total. The minimum absolute atomic E-state index is 0.0663. The number of hydrogen-bond acceptors (Lipinski definition) is 4. The van der Waals surface area contributed by atoms with E-state index in [0.29, 0.717) is 19.0 Å². The molecule has 1 aromatic rings. The van der Waals surface area contributed by atoms with Gasteiger partial charge >= 0.3 is 6.09 Å². The first-order valence-electron chi connectivity index (χ1n) is 10.1. The molecule has 0 radical (unpaired) electrons. The lowest BCUT2D eigenvalue weighted by molar-refractivity contribution is -0.119. The van der Waals surface area contributed by atoms with Gasteiger partial charge in [0.05, 0.1) is 0 Å². The summed E-state index contributed by atoms with van der Waals surface area (Å²) in [6.45, 7) is 9.46. The van der Waals surface area contributed by atoms with Gasteiger partial charge < -0.3 is 20.1 Å². The number of methoxy groups -OCH3 is 1. The Balaban J connectivity index is 2.46. The average Bonchev–Trinajstić information content (AvgIpc) is 2.66. The maximum atomic E-state index is 12.2. The van der Waals surface area contributed by atoms with Crippen molar-refractivity contribution in [3.63, 3.8) is 0 Å². The summed E-state index contributed by atoms with van der Waals surface area (Å²) in [5.74, 6) is 0.740. The molecule has 28 heavy (non-hydrogen) atoms. The fraction of sp³-hybridized carbons (Fsp3) is 0.636. The second-order valence-corrected chi connectivity index (χ2v) is 7.74. The van der Waals surface area contributed by atoms with Crippen molar-refractivity contribution in [1.82, 2.24) is 10.6 Å². The van der Waals surface area contributed by atoms with Gasteiger partial charge in [-0.15, -0.1) is 0 Å². The van der Waals surface area contributed by atoms with Gasteiger partial charge in [-0.05, 0) is 42.2 Å². The van der Waals surface area contributed by atoms with Gasteiger partial charge in [0.25, 0.3) is 0 Å². The zero-order valence-corrected chi connectivity index (χ0v) is 17.9. The zero-order chi connectivity index (χ0) is 20.9. The number of benzene rings is 1. The van der Waals surface area contributed by atoms with Gasteiger partial charge in [-0.25, -0.2) is 4.79 Å². The van der Waals surface area contributed by atoms with E-state index in [1.54, 1.807) is 7.11 Å². The molecule has 2 amide bonds. The van der Waals surface area contributed by atoms with Crippen LogP contribution in [0.25, 0.3) is 0 Å². The monoisotopic (exact) mass is 392 g/mol. The molecule has 0 saturated carbocycles. The Morgan fingerprint density at radius 2 is 1.64 bits per heavy atom. The number of carbonyl (C=O) groups is 2. The SMILES string of the molecule is COCCC(C)CCC(OC(=O)NCc1cccc(CNC(C)=O)c1)C(C)C. The Morgan fingerprint density at radius 3 is 2.21 bits per heavy atom. The second-order valence-electron chi connectivity index (χ2n) is 7.74. The Bertz CT molecular complexity index is 604. The number of hydrogen-bond donors (Lipinski definition) is 2. The minimum atomic E-state index is -0.393. The van der Waals surface area contributed by atoms with Crippen molar-refractivity contribution in [2.45, 2.75) is 66.2 Å². The molecule has 0 aromatic heterocycles. The Kier molecular flexibility index (Phi) is 11.3. The molecule has 1 rings (SSSR count). The molecular formula is C22H36N2O4. The van der Waals surface area contributed by atoms with Crippen LogP contribution >= 0.6 is 0 Å². The summed E-state index contributed by atoms with van der Waals surface area (Å²) in [5.41, 5.74) is 1.96. The molecule has 2 unspecified atom stereocenters. The number of rotatable bonds is 12. The van der Waals surface area contributed by atoms with E-state index in [-0.39, 0.29) is 17.9 Å². The van der Waals surface area contributed by atoms with Gasteiger partial charge in [0.15, 0.2) is 0 Å². The number of ether oxygens (including phenoxy) is 2. The van der Waals surface area contributed by atoms with E-state index in [9.17, 15) is 9.59 Å². The lowest BCUT2D eigenvalue weighted by Crippen LogP contribution is -2.31. The molecule has 0 aliphatic rings. The Morgan fingerprint density at radius 1 is 1.00 bits per heavy atom.